The summed E-state index contributed by atoms with van der Waals surface area (Å²) in [5.74, 6) is 1.47. The first-order chi connectivity index (χ1) is 15.2. The summed E-state index contributed by atoms with van der Waals surface area (Å²) >= 11 is 1.82. The number of carbonyl (C=O) groups is 1. The molecule has 0 saturated carbocycles. The van der Waals surface area contributed by atoms with E-state index in [-0.39, 0.29) is 11.5 Å². The molecule has 0 aliphatic heterocycles. The third-order valence-electron chi connectivity index (χ3n) is 4.96. The number of benzene rings is 1. The highest BCUT2D eigenvalue weighted by molar-refractivity contribution is 7.99. The first-order valence-corrected chi connectivity index (χ1v) is 12.1. The Labute approximate surface area is 189 Å². The standard InChI is InChI=1S/C25H33N3O2S/c1-26-25(30)23(17-22-14-15-28-24(29)18-22)19-27-20-31-16-10-5-3-2-4-7-11-21-12-8-6-9-13-21/h6,8-9,12-15,18-19,27H,1-5,7,10-11,16-17,20H2,(H,28,29)/b23-19-. The maximum Gasteiger partial charge on any atom is 0.274 e. The third kappa shape index (κ3) is 10.8. The Kier molecular flexibility index (Phi) is 12.1. The van der Waals surface area contributed by atoms with Crippen molar-refractivity contribution in [2.45, 2.75) is 51.4 Å². The molecular weight excluding hydrogens is 406 g/mol. The molecule has 166 valence electrons. The van der Waals surface area contributed by atoms with Crippen LogP contribution in [-0.4, -0.2) is 29.2 Å². The summed E-state index contributed by atoms with van der Waals surface area (Å²) in [6.07, 6.45) is 12.5. The number of pyridine rings is 1. The second-order valence-corrected chi connectivity index (χ2v) is 8.59. The number of aliphatic imine (C=N–C) groups is 1. The van der Waals surface area contributed by atoms with Crippen LogP contribution in [0.5, 0.6) is 0 Å². The Morgan fingerprint density at radius 1 is 1.03 bits per heavy atom. The second-order valence-electron chi connectivity index (χ2n) is 7.48. The van der Waals surface area contributed by atoms with Gasteiger partial charge in [0.25, 0.3) is 5.91 Å². The number of amides is 1. The predicted molar refractivity (Wildman–Crippen MR) is 132 cm³/mol. The molecule has 2 N–H and O–H groups in total. The minimum atomic E-state index is -0.370. The normalized spacial score (nSPS) is 11.3. The number of aromatic nitrogens is 1. The summed E-state index contributed by atoms with van der Waals surface area (Å²) in [5, 5.41) is 3.18. The molecule has 0 unspecified atom stereocenters. The fourth-order valence-electron chi connectivity index (χ4n) is 3.29. The molecule has 0 atom stereocenters. The minimum absolute atomic E-state index is 0.185. The van der Waals surface area contributed by atoms with Crippen molar-refractivity contribution in [2.75, 3.05) is 11.6 Å². The molecule has 2 rings (SSSR count). The van der Waals surface area contributed by atoms with Crippen LogP contribution in [-0.2, 0) is 17.6 Å². The zero-order chi connectivity index (χ0) is 22.2. The van der Waals surface area contributed by atoms with Crippen molar-refractivity contribution in [3.8, 4) is 0 Å². The van der Waals surface area contributed by atoms with Gasteiger partial charge in [-0.25, -0.2) is 4.99 Å². The van der Waals surface area contributed by atoms with Crippen LogP contribution in [0.1, 0.15) is 49.7 Å². The lowest BCUT2D eigenvalue weighted by atomic mass is 10.1. The van der Waals surface area contributed by atoms with Gasteiger partial charge in [-0.05, 0) is 48.9 Å². The fourth-order valence-corrected chi connectivity index (χ4v) is 4.04. The van der Waals surface area contributed by atoms with Crippen molar-refractivity contribution in [2.24, 2.45) is 4.99 Å². The molecule has 0 bridgehead atoms. The molecule has 1 amide bonds. The molecule has 2 aromatic rings. The molecule has 31 heavy (non-hydrogen) atoms. The van der Waals surface area contributed by atoms with Crippen LogP contribution in [0.15, 0.2) is 70.2 Å². The van der Waals surface area contributed by atoms with Gasteiger partial charge in [0.1, 0.15) is 0 Å². The summed E-state index contributed by atoms with van der Waals surface area (Å²) in [6, 6.07) is 14.0. The van der Waals surface area contributed by atoms with Crippen molar-refractivity contribution in [3.05, 3.63) is 81.9 Å². The lowest BCUT2D eigenvalue weighted by molar-refractivity contribution is -0.114. The van der Waals surface area contributed by atoms with E-state index in [0.717, 1.165) is 17.2 Å². The second kappa shape index (κ2) is 15.2. The molecule has 0 fully saturated rings. The van der Waals surface area contributed by atoms with Gasteiger partial charge in [0.15, 0.2) is 0 Å². The maximum atomic E-state index is 12.0. The van der Waals surface area contributed by atoms with E-state index in [1.165, 1.54) is 56.6 Å². The van der Waals surface area contributed by atoms with Crippen LogP contribution in [0.2, 0.25) is 0 Å². The minimum Gasteiger partial charge on any atom is -0.381 e. The summed E-state index contributed by atoms with van der Waals surface area (Å²) in [6.45, 7) is 3.32. The molecule has 5 nitrogen and oxygen atoms in total. The van der Waals surface area contributed by atoms with Gasteiger partial charge in [-0.1, -0.05) is 56.0 Å². The molecule has 0 saturated heterocycles. The summed E-state index contributed by atoms with van der Waals surface area (Å²) in [7, 11) is 0. The number of thioether (sulfide) groups is 1. The molecule has 6 heteroatoms. The van der Waals surface area contributed by atoms with Crippen LogP contribution in [0.4, 0.5) is 0 Å². The van der Waals surface area contributed by atoms with E-state index in [1.807, 2.05) is 11.8 Å². The lowest BCUT2D eigenvalue weighted by Gasteiger charge is -2.06. The molecule has 0 aliphatic carbocycles. The Morgan fingerprint density at radius 2 is 1.77 bits per heavy atom. The van der Waals surface area contributed by atoms with Gasteiger partial charge in [-0.3, -0.25) is 9.59 Å². The molecule has 0 aliphatic rings. The van der Waals surface area contributed by atoms with Gasteiger partial charge in [-0.2, -0.15) is 0 Å². The SMILES string of the molecule is C=NC(=O)/C(=C\NCSCCCCCCCCc1ccccc1)Cc1cc[nH]c(=O)c1. The number of rotatable bonds is 15. The molecular formula is C25H33N3O2S. The Hall–Kier alpha value is -2.60. The maximum absolute atomic E-state index is 12.0. The molecule has 0 spiro atoms. The van der Waals surface area contributed by atoms with Gasteiger partial charge >= 0.3 is 0 Å². The van der Waals surface area contributed by atoms with E-state index < -0.39 is 0 Å². The first-order valence-electron chi connectivity index (χ1n) is 10.9. The van der Waals surface area contributed by atoms with Gasteiger partial charge in [0.2, 0.25) is 5.56 Å². The zero-order valence-electron chi connectivity index (χ0n) is 18.1. The lowest BCUT2D eigenvalue weighted by Crippen LogP contribution is -2.12. The van der Waals surface area contributed by atoms with E-state index in [9.17, 15) is 9.59 Å². The predicted octanol–water partition coefficient (Wildman–Crippen LogP) is 4.89. The fraction of sp³-hybridized carbons (Fsp3) is 0.400. The van der Waals surface area contributed by atoms with E-state index >= 15 is 0 Å². The van der Waals surface area contributed by atoms with Gasteiger partial charge < -0.3 is 10.3 Å². The Balaban J connectivity index is 1.53. The average molecular weight is 440 g/mol. The van der Waals surface area contributed by atoms with E-state index in [4.69, 9.17) is 0 Å². The van der Waals surface area contributed by atoms with Crippen LogP contribution in [0, 0.1) is 0 Å². The van der Waals surface area contributed by atoms with Gasteiger partial charge in [0, 0.05) is 30.5 Å². The molecule has 0 radical (unpaired) electrons. The van der Waals surface area contributed by atoms with Crippen molar-refractivity contribution in [3.63, 3.8) is 0 Å². The monoisotopic (exact) mass is 439 g/mol. The first kappa shape index (κ1) is 24.7. The van der Waals surface area contributed by atoms with Crippen LogP contribution in [0.25, 0.3) is 0 Å². The topological polar surface area (TPSA) is 74.3 Å². The average Bonchev–Trinajstić information content (AvgIpc) is 2.79. The number of aromatic amines is 1. The van der Waals surface area contributed by atoms with E-state index in [1.54, 1.807) is 18.5 Å². The number of H-pyrrole nitrogens is 1. The van der Waals surface area contributed by atoms with Crippen LogP contribution in [0.3, 0.4) is 0 Å². The smallest absolute Gasteiger partial charge is 0.274 e. The van der Waals surface area contributed by atoms with Gasteiger partial charge in [-0.15, -0.1) is 11.8 Å². The number of unbranched alkanes of at least 4 members (excludes halogenated alkanes) is 5. The zero-order valence-corrected chi connectivity index (χ0v) is 19.0. The highest BCUT2D eigenvalue weighted by atomic mass is 32.2. The Bertz CT molecular complexity index is 878. The quantitative estimate of drug-likeness (QED) is 0.179. The number of carbonyl (C=O) groups excluding carboxylic acids is 1. The third-order valence-corrected chi connectivity index (χ3v) is 5.91. The van der Waals surface area contributed by atoms with Crippen molar-refractivity contribution in [1.29, 1.82) is 0 Å². The Morgan fingerprint density at radius 3 is 2.52 bits per heavy atom. The molecule has 1 aromatic heterocycles. The highest BCUT2D eigenvalue weighted by Gasteiger charge is 2.08. The number of hydrogen-bond donors (Lipinski definition) is 2. The van der Waals surface area contributed by atoms with Crippen molar-refractivity contribution < 1.29 is 4.79 Å². The number of aryl methyl sites for hydroxylation is 1. The van der Waals surface area contributed by atoms with Gasteiger partial charge in [0.05, 0.1) is 5.88 Å². The van der Waals surface area contributed by atoms with Crippen LogP contribution >= 0.6 is 11.8 Å². The highest BCUT2D eigenvalue weighted by Crippen LogP contribution is 2.12. The van der Waals surface area contributed by atoms with Crippen LogP contribution < -0.4 is 10.9 Å². The van der Waals surface area contributed by atoms with Crippen molar-refractivity contribution in [1.82, 2.24) is 10.3 Å². The summed E-state index contributed by atoms with van der Waals surface area (Å²) < 4.78 is 0. The van der Waals surface area contributed by atoms with Crippen molar-refractivity contribution >= 4 is 24.4 Å². The molecule has 1 heterocycles. The number of nitrogens with one attached hydrogen (secondary N) is 2. The number of hydrogen-bond acceptors (Lipinski definition) is 4. The largest absolute Gasteiger partial charge is 0.381 e. The number of nitrogens with zero attached hydrogens (tertiary/aromatic N) is 1. The summed E-state index contributed by atoms with van der Waals surface area (Å²) in [4.78, 5) is 29.5. The van der Waals surface area contributed by atoms with E-state index in [2.05, 4.69) is 52.3 Å². The summed E-state index contributed by atoms with van der Waals surface area (Å²) in [5.41, 5.74) is 2.52. The molecule has 1 aromatic carbocycles. The van der Waals surface area contributed by atoms with E-state index in [0.29, 0.717) is 12.0 Å².